The Bertz CT molecular complexity index is 1300. The fraction of sp³-hybridized carbons (Fsp3) is 0.417. The van der Waals surface area contributed by atoms with Crippen molar-refractivity contribution in [2.45, 2.75) is 49.8 Å². The highest BCUT2D eigenvalue weighted by Crippen LogP contribution is 2.27. The molecule has 33 heavy (non-hydrogen) atoms. The number of thiazole rings is 1. The third-order valence-corrected chi connectivity index (χ3v) is 10.3. The highest BCUT2D eigenvalue weighted by Gasteiger charge is 2.32. The van der Waals surface area contributed by atoms with Crippen molar-refractivity contribution in [2.75, 3.05) is 13.1 Å². The minimum absolute atomic E-state index is 0.168. The molecule has 0 bridgehead atoms. The summed E-state index contributed by atoms with van der Waals surface area (Å²) in [6.45, 7) is 7.31. The summed E-state index contributed by atoms with van der Waals surface area (Å²) in [7, 11) is -3.47. The Morgan fingerprint density at radius 3 is 2.73 bits per heavy atom. The first-order valence-corrected chi connectivity index (χ1v) is 14.4. The zero-order valence-corrected chi connectivity index (χ0v) is 21.2. The van der Waals surface area contributed by atoms with Crippen LogP contribution in [-0.4, -0.2) is 36.3 Å². The number of benzene rings is 1. The van der Waals surface area contributed by atoms with Crippen molar-refractivity contribution < 1.29 is 13.2 Å². The number of rotatable bonds is 8. The molecule has 4 rings (SSSR count). The minimum atomic E-state index is -3.47. The van der Waals surface area contributed by atoms with Crippen LogP contribution in [0.15, 0.2) is 57.6 Å². The highest BCUT2D eigenvalue weighted by atomic mass is 32.2. The molecule has 1 aliphatic heterocycles. The number of piperidine rings is 1. The fourth-order valence-corrected chi connectivity index (χ4v) is 7.83. The normalized spacial score (nSPS) is 16.5. The summed E-state index contributed by atoms with van der Waals surface area (Å²) in [5, 5.41) is 1.76. The summed E-state index contributed by atoms with van der Waals surface area (Å²) in [6, 6.07) is 9.83. The first-order valence-electron chi connectivity index (χ1n) is 11.3. The van der Waals surface area contributed by atoms with Gasteiger partial charge in [-0.15, -0.1) is 17.9 Å². The molecular weight excluding hydrogens is 474 g/mol. The first kappa shape index (κ1) is 24.1. The van der Waals surface area contributed by atoms with Gasteiger partial charge in [0, 0.05) is 25.6 Å². The van der Waals surface area contributed by atoms with Crippen LogP contribution in [0.3, 0.4) is 0 Å². The number of unbranched alkanes of at least 4 members (excludes halogenated alkanes) is 1. The van der Waals surface area contributed by atoms with Gasteiger partial charge in [0.15, 0.2) is 4.80 Å². The third-order valence-electron chi connectivity index (χ3n) is 5.98. The largest absolute Gasteiger partial charge is 0.313 e. The molecule has 0 spiro atoms. The van der Waals surface area contributed by atoms with Gasteiger partial charge >= 0.3 is 0 Å². The van der Waals surface area contributed by atoms with E-state index in [1.807, 2.05) is 10.6 Å². The van der Waals surface area contributed by atoms with E-state index >= 15 is 0 Å². The van der Waals surface area contributed by atoms with E-state index in [4.69, 9.17) is 0 Å². The van der Waals surface area contributed by atoms with Crippen LogP contribution in [0, 0.1) is 5.92 Å². The lowest BCUT2D eigenvalue weighted by atomic mass is 9.98. The summed E-state index contributed by atoms with van der Waals surface area (Å²) in [4.78, 5) is 18.2. The average molecular weight is 504 g/mol. The maximum Gasteiger partial charge on any atom is 0.252 e. The van der Waals surface area contributed by atoms with Crippen LogP contribution in [0.25, 0.3) is 10.2 Å². The van der Waals surface area contributed by atoms with Crippen LogP contribution in [0.5, 0.6) is 0 Å². The van der Waals surface area contributed by atoms with Gasteiger partial charge in [0.05, 0.1) is 10.2 Å². The maximum atomic E-state index is 13.0. The lowest BCUT2D eigenvalue weighted by Gasteiger charge is -2.29. The topological polar surface area (TPSA) is 71.7 Å². The van der Waals surface area contributed by atoms with Crippen LogP contribution >= 0.6 is 22.7 Å². The van der Waals surface area contributed by atoms with Crippen molar-refractivity contribution in [3.8, 4) is 0 Å². The Labute approximate surface area is 203 Å². The van der Waals surface area contributed by atoms with E-state index in [2.05, 4.69) is 36.7 Å². The SMILES string of the molecule is C=CCn1c(=NC(=O)C2CCN(S(=O)(=O)c3cccs3)CC2)sc2cc(CCCC)ccc21. The van der Waals surface area contributed by atoms with Crippen LogP contribution < -0.4 is 4.80 Å². The zero-order chi connectivity index (χ0) is 23.4. The summed E-state index contributed by atoms with van der Waals surface area (Å²) < 4.78 is 30.5. The van der Waals surface area contributed by atoms with Crippen LogP contribution in [0.4, 0.5) is 0 Å². The standard InChI is InChI=1S/C24H29N3O3S3/c1-3-5-7-18-9-10-20-21(17-18)32-24(27(20)13-4-2)25-23(28)19-11-14-26(15-12-19)33(29,30)22-8-6-16-31-22/h4,6,8-10,16-17,19H,2-3,5,7,11-15H2,1H3. The molecule has 1 saturated heterocycles. The lowest BCUT2D eigenvalue weighted by Crippen LogP contribution is -2.40. The number of carbonyl (C=O) groups is 1. The molecule has 0 unspecified atom stereocenters. The van der Waals surface area contributed by atoms with E-state index < -0.39 is 10.0 Å². The molecular formula is C24H29N3O3S3. The number of fused-ring (bicyclic) bond motifs is 1. The molecule has 0 aliphatic carbocycles. The second kappa shape index (κ2) is 10.5. The fourth-order valence-electron chi connectivity index (χ4n) is 4.11. The van der Waals surface area contributed by atoms with Gasteiger partial charge in [0.25, 0.3) is 15.9 Å². The Morgan fingerprint density at radius 1 is 1.27 bits per heavy atom. The average Bonchev–Trinajstić information content (AvgIpc) is 3.47. The number of thiophene rings is 1. The second-order valence-electron chi connectivity index (χ2n) is 8.25. The monoisotopic (exact) mass is 503 g/mol. The van der Waals surface area contributed by atoms with Gasteiger partial charge in [0.1, 0.15) is 4.21 Å². The van der Waals surface area contributed by atoms with Gasteiger partial charge in [-0.25, -0.2) is 8.42 Å². The summed E-state index contributed by atoms with van der Waals surface area (Å²) in [6.07, 6.45) is 6.14. The second-order valence-corrected chi connectivity index (χ2v) is 12.4. The van der Waals surface area contributed by atoms with Crippen molar-refractivity contribution >= 4 is 48.8 Å². The van der Waals surface area contributed by atoms with Gasteiger partial charge < -0.3 is 4.57 Å². The Morgan fingerprint density at radius 2 is 2.06 bits per heavy atom. The van der Waals surface area contributed by atoms with Crippen molar-refractivity contribution in [1.29, 1.82) is 0 Å². The Kier molecular flexibility index (Phi) is 7.63. The highest BCUT2D eigenvalue weighted by molar-refractivity contribution is 7.91. The third kappa shape index (κ3) is 5.21. The van der Waals surface area contributed by atoms with Gasteiger partial charge in [-0.2, -0.15) is 9.30 Å². The quantitative estimate of drug-likeness (QED) is 0.414. The Hall–Kier alpha value is -2.07. The van der Waals surface area contributed by atoms with Gasteiger partial charge in [0.2, 0.25) is 0 Å². The zero-order valence-electron chi connectivity index (χ0n) is 18.8. The predicted molar refractivity (Wildman–Crippen MR) is 135 cm³/mol. The molecule has 1 aliphatic rings. The molecule has 0 radical (unpaired) electrons. The van der Waals surface area contributed by atoms with Crippen molar-refractivity contribution in [3.05, 3.63) is 58.7 Å². The maximum absolute atomic E-state index is 13.0. The van der Waals surface area contributed by atoms with Crippen molar-refractivity contribution in [3.63, 3.8) is 0 Å². The number of sulfonamides is 1. The van der Waals surface area contributed by atoms with Gasteiger partial charge in [-0.1, -0.05) is 42.9 Å². The molecule has 9 heteroatoms. The van der Waals surface area contributed by atoms with Gasteiger partial charge in [-0.05, 0) is 54.8 Å². The molecule has 2 aromatic heterocycles. The molecule has 3 heterocycles. The molecule has 176 valence electrons. The van der Waals surface area contributed by atoms with Crippen LogP contribution in [-0.2, 0) is 27.8 Å². The number of aromatic nitrogens is 1. The van der Waals surface area contributed by atoms with Crippen LogP contribution in [0.1, 0.15) is 38.2 Å². The van der Waals surface area contributed by atoms with E-state index in [-0.39, 0.29) is 11.8 Å². The molecule has 1 amide bonds. The smallest absolute Gasteiger partial charge is 0.252 e. The predicted octanol–water partition coefficient (Wildman–Crippen LogP) is 4.82. The van der Waals surface area contributed by atoms with Crippen molar-refractivity contribution in [2.24, 2.45) is 10.9 Å². The molecule has 3 aromatic rings. The van der Waals surface area contributed by atoms with Gasteiger partial charge in [-0.3, -0.25) is 4.79 Å². The van der Waals surface area contributed by atoms with Crippen LogP contribution in [0.2, 0.25) is 0 Å². The van der Waals surface area contributed by atoms with E-state index in [1.165, 1.54) is 32.5 Å². The minimum Gasteiger partial charge on any atom is -0.313 e. The number of amides is 1. The lowest BCUT2D eigenvalue weighted by molar-refractivity contribution is -0.122. The molecule has 0 atom stereocenters. The number of hydrogen-bond acceptors (Lipinski definition) is 5. The molecule has 0 N–H and O–H groups in total. The molecule has 1 fully saturated rings. The summed E-state index contributed by atoms with van der Waals surface area (Å²) in [5.41, 5.74) is 2.36. The summed E-state index contributed by atoms with van der Waals surface area (Å²) in [5.74, 6) is -0.430. The number of hydrogen-bond donors (Lipinski definition) is 0. The number of carbonyl (C=O) groups excluding carboxylic acids is 1. The number of nitrogens with zero attached hydrogens (tertiary/aromatic N) is 3. The molecule has 6 nitrogen and oxygen atoms in total. The summed E-state index contributed by atoms with van der Waals surface area (Å²) >= 11 is 2.75. The first-order chi connectivity index (χ1) is 15.9. The molecule has 1 aromatic carbocycles. The number of aryl methyl sites for hydroxylation is 1. The Balaban J connectivity index is 1.53. The van der Waals surface area contributed by atoms with E-state index in [9.17, 15) is 13.2 Å². The van der Waals surface area contributed by atoms with Crippen molar-refractivity contribution in [1.82, 2.24) is 8.87 Å². The molecule has 0 saturated carbocycles. The van der Waals surface area contributed by atoms with E-state index in [0.717, 1.165) is 29.5 Å². The van der Waals surface area contributed by atoms with E-state index in [0.29, 0.717) is 41.5 Å². The number of allylic oxidation sites excluding steroid dienone is 1. The van der Waals surface area contributed by atoms with E-state index in [1.54, 1.807) is 17.5 Å².